The van der Waals surface area contributed by atoms with Crippen molar-refractivity contribution >= 4 is 0 Å². The zero-order valence-electron chi connectivity index (χ0n) is 14.8. The topological polar surface area (TPSA) is 18.5 Å². The van der Waals surface area contributed by atoms with Crippen molar-refractivity contribution < 1.29 is 18.4 Å². The van der Waals surface area contributed by atoms with Gasteiger partial charge in [0.15, 0.2) is 0 Å². The molecule has 22 heavy (non-hydrogen) atoms. The van der Waals surface area contributed by atoms with Crippen molar-refractivity contribution in [3.63, 3.8) is 0 Å². The smallest absolute Gasteiger partial charge is 0.102 e. The quantitative estimate of drug-likeness (QED) is 0.570. The molecule has 128 valence electrons. The van der Waals surface area contributed by atoms with Crippen LogP contribution in [0.25, 0.3) is 0 Å². The minimum absolute atomic E-state index is 0.800. The van der Waals surface area contributed by atoms with Gasteiger partial charge in [0, 0.05) is 12.3 Å². The van der Waals surface area contributed by atoms with Gasteiger partial charge in [-0.05, 0) is 25.7 Å². The van der Waals surface area contributed by atoms with E-state index in [1.165, 1.54) is 49.7 Å². The fourth-order valence-electron chi connectivity index (χ4n) is 4.95. The number of morpholine rings is 1. The second-order valence-electron chi connectivity index (χ2n) is 8.37. The first-order valence-corrected chi connectivity index (χ1v) is 9.45. The SMILES string of the molecule is C[N+]1(CCOCC2CCC[N+]3(C)CCCCC23)CCOCC1. The predicted octanol–water partition coefficient (Wildman–Crippen LogP) is 1.89. The van der Waals surface area contributed by atoms with Gasteiger partial charge in [0.25, 0.3) is 0 Å². The highest BCUT2D eigenvalue weighted by Gasteiger charge is 2.43. The molecule has 0 spiro atoms. The molecule has 0 radical (unpaired) electrons. The number of rotatable bonds is 5. The van der Waals surface area contributed by atoms with Gasteiger partial charge in [-0.2, -0.15) is 0 Å². The summed E-state index contributed by atoms with van der Waals surface area (Å²) >= 11 is 0. The van der Waals surface area contributed by atoms with E-state index in [-0.39, 0.29) is 0 Å². The molecule has 3 unspecified atom stereocenters. The molecular formula is C18H36N2O2+2. The third-order valence-electron chi connectivity index (χ3n) is 6.67. The Hall–Kier alpha value is -0.160. The van der Waals surface area contributed by atoms with Gasteiger partial charge in [0.2, 0.25) is 0 Å². The molecule has 0 aromatic carbocycles. The van der Waals surface area contributed by atoms with Gasteiger partial charge in [0.05, 0.1) is 59.7 Å². The molecule has 3 aliphatic rings. The van der Waals surface area contributed by atoms with E-state index in [0.29, 0.717) is 0 Å². The van der Waals surface area contributed by atoms with Gasteiger partial charge in [-0.15, -0.1) is 0 Å². The van der Waals surface area contributed by atoms with Crippen molar-refractivity contribution in [1.29, 1.82) is 0 Å². The van der Waals surface area contributed by atoms with Crippen molar-refractivity contribution in [2.75, 3.05) is 73.2 Å². The van der Waals surface area contributed by atoms with Crippen molar-refractivity contribution in [1.82, 2.24) is 0 Å². The maximum absolute atomic E-state index is 6.17. The standard InChI is InChI=1S/C18H36N2O2/c1-19(10-13-21-14-11-19)12-15-22-16-17-6-5-9-20(2)8-4-3-7-18(17)20/h17-18H,3-16H2,1-2H3/q+2. The molecule has 0 saturated carbocycles. The summed E-state index contributed by atoms with van der Waals surface area (Å²) in [4.78, 5) is 0. The first kappa shape index (κ1) is 16.7. The summed E-state index contributed by atoms with van der Waals surface area (Å²) in [6, 6.07) is 0.871. The van der Waals surface area contributed by atoms with Crippen LogP contribution in [0.1, 0.15) is 32.1 Å². The molecular weight excluding hydrogens is 276 g/mol. The van der Waals surface area contributed by atoms with Crippen molar-refractivity contribution in [2.24, 2.45) is 5.92 Å². The van der Waals surface area contributed by atoms with Crippen LogP contribution in [0.5, 0.6) is 0 Å². The largest absolute Gasteiger partial charge is 0.375 e. The molecule has 4 heteroatoms. The number of likely N-dealkylation sites (N-methyl/N-ethyl adjacent to an activating group) is 1. The van der Waals surface area contributed by atoms with E-state index in [4.69, 9.17) is 9.47 Å². The maximum atomic E-state index is 6.17. The third kappa shape index (κ3) is 3.84. The molecule has 3 rings (SSSR count). The Bertz CT molecular complexity index is 353. The lowest BCUT2D eigenvalue weighted by atomic mass is 9.82. The average Bonchev–Trinajstić information content (AvgIpc) is 2.51. The van der Waals surface area contributed by atoms with Crippen molar-refractivity contribution in [3.05, 3.63) is 0 Å². The first-order chi connectivity index (χ1) is 10.6. The zero-order valence-corrected chi connectivity index (χ0v) is 14.8. The molecule has 3 aliphatic heterocycles. The molecule has 4 nitrogen and oxygen atoms in total. The Morgan fingerprint density at radius 2 is 1.73 bits per heavy atom. The van der Waals surface area contributed by atoms with Gasteiger partial charge in [-0.25, -0.2) is 0 Å². The van der Waals surface area contributed by atoms with Gasteiger partial charge in [0.1, 0.15) is 19.6 Å². The highest BCUT2D eigenvalue weighted by atomic mass is 16.5. The Kier molecular flexibility index (Phi) is 5.43. The van der Waals surface area contributed by atoms with Crippen molar-refractivity contribution in [3.8, 4) is 0 Å². The minimum atomic E-state index is 0.800. The van der Waals surface area contributed by atoms with Crippen molar-refractivity contribution in [2.45, 2.75) is 38.1 Å². The number of nitrogens with zero attached hydrogens (tertiary/aromatic N) is 2. The molecule has 3 atom stereocenters. The number of piperidine rings is 2. The normalized spacial score (nSPS) is 38.5. The molecule has 0 bridgehead atoms. The van der Waals surface area contributed by atoms with Crippen LogP contribution in [0.15, 0.2) is 0 Å². The Morgan fingerprint density at radius 3 is 2.55 bits per heavy atom. The number of hydrogen-bond acceptors (Lipinski definition) is 2. The molecule has 0 aliphatic carbocycles. The molecule has 3 fully saturated rings. The lowest BCUT2D eigenvalue weighted by Crippen LogP contribution is -2.61. The molecule has 0 aromatic heterocycles. The molecule has 0 aromatic rings. The number of hydrogen-bond donors (Lipinski definition) is 0. The van der Waals surface area contributed by atoms with E-state index in [0.717, 1.165) is 62.5 Å². The highest BCUT2D eigenvalue weighted by Crippen LogP contribution is 2.36. The van der Waals surface area contributed by atoms with E-state index in [2.05, 4.69) is 14.1 Å². The van der Waals surface area contributed by atoms with Gasteiger partial charge in [-0.1, -0.05) is 0 Å². The lowest BCUT2D eigenvalue weighted by molar-refractivity contribution is -0.947. The Balaban J connectivity index is 1.43. The summed E-state index contributed by atoms with van der Waals surface area (Å²) in [5, 5.41) is 0. The molecule has 0 N–H and O–H groups in total. The summed E-state index contributed by atoms with van der Waals surface area (Å²) in [5.74, 6) is 0.800. The van der Waals surface area contributed by atoms with E-state index < -0.39 is 0 Å². The maximum Gasteiger partial charge on any atom is 0.102 e. The number of quaternary nitrogens is 2. The van der Waals surface area contributed by atoms with E-state index in [1.54, 1.807) is 0 Å². The first-order valence-electron chi connectivity index (χ1n) is 9.45. The van der Waals surface area contributed by atoms with Crippen LogP contribution < -0.4 is 0 Å². The molecule has 3 saturated heterocycles. The minimum Gasteiger partial charge on any atom is -0.375 e. The Labute approximate surface area is 136 Å². The van der Waals surface area contributed by atoms with Crippen LogP contribution >= 0.6 is 0 Å². The fourth-order valence-corrected chi connectivity index (χ4v) is 4.95. The van der Waals surface area contributed by atoms with Crippen LogP contribution in [0, 0.1) is 5.92 Å². The van der Waals surface area contributed by atoms with E-state index in [1.807, 2.05) is 0 Å². The van der Waals surface area contributed by atoms with E-state index >= 15 is 0 Å². The van der Waals surface area contributed by atoms with Crippen LogP contribution in [0.3, 0.4) is 0 Å². The average molecular weight is 312 g/mol. The Morgan fingerprint density at radius 1 is 0.955 bits per heavy atom. The zero-order chi connectivity index (χ0) is 15.5. The second kappa shape index (κ2) is 7.16. The summed E-state index contributed by atoms with van der Waals surface area (Å²) in [7, 11) is 4.84. The highest BCUT2D eigenvalue weighted by molar-refractivity contribution is 4.78. The number of fused-ring (bicyclic) bond motifs is 1. The van der Waals surface area contributed by atoms with Crippen LogP contribution in [0.4, 0.5) is 0 Å². The van der Waals surface area contributed by atoms with E-state index in [9.17, 15) is 0 Å². The fraction of sp³-hybridized carbons (Fsp3) is 1.00. The second-order valence-corrected chi connectivity index (χ2v) is 8.37. The summed E-state index contributed by atoms with van der Waals surface area (Å²) in [6.45, 7) is 9.97. The van der Waals surface area contributed by atoms with Crippen LogP contribution in [-0.4, -0.2) is 88.3 Å². The lowest BCUT2D eigenvalue weighted by Gasteiger charge is -2.51. The van der Waals surface area contributed by atoms with Gasteiger partial charge >= 0.3 is 0 Å². The molecule has 3 heterocycles. The van der Waals surface area contributed by atoms with Crippen LogP contribution in [0.2, 0.25) is 0 Å². The monoisotopic (exact) mass is 312 g/mol. The van der Waals surface area contributed by atoms with Gasteiger partial charge < -0.3 is 18.4 Å². The van der Waals surface area contributed by atoms with Gasteiger partial charge in [-0.3, -0.25) is 0 Å². The number of ether oxygens (including phenoxy) is 2. The summed E-state index contributed by atoms with van der Waals surface area (Å²) in [5.41, 5.74) is 0. The summed E-state index contributed by atoms with van der Waals surface area (Å²) in [6.07, 6.45) is 7.07. The van der Waals surface area contributed by atoms with Crippen LogP contribution in [-0.2, 0) is 9.47 Å². The molecule has 0 amide bonds. The summed E-state index contributed by atoms with van der Waals surface area (Å²) < 4.78 is 14.1. The third-order valence-corrected chi connectivity index (χ3v) is 6.67. The predicted molar refractivity (Wildman–Crippen MR) is 88.7 cm³/mol.